The molecule has 0 saturated carbocycles. The Morgan fingerprint density at radius 2 is 1.63 bits per heavy atom. The van der Waals surface area contributed by atoms with Crippen molar-refractivity contribution in [2.24, 2.45) is 5.92 Å². The highest BCUT2D eigenvalue weighted by Gasteiger charge is 2.32. The summed E-state index contributed by atoms with van der Waals surface area (Å²) in [5.41, 5.74) is 0.119. The van der Waals surface area contributed by atoms with Crippen molar-refractivity contribution < 1.29 is 17.6 Å². The van der Waals surface area contributed by atoms with Gasteiger partial charge in [0.1, 0.15) is 5.82 Å². The van der Waals surface area contributed by atoms with Gasteiger partial charge in [0.05, 0.1) is 10.6 Å². The zero-order chi connectivity index (χ0) is 19.6. The van der Waals surface area contributed by atoms with Gasteiger partial charge in [0, 0.05) is 28.0 Å². The third kappa shape index (κ3) is 4.77. The summed E-state index contributed by atoms with van der Waals surface area (Å²) in [6.07, 6.45) is 0.777. The average molecular weight is 520 g/mol. The number of benzene rings is 2. The number of carbonyl (C=O) groups excluding carboxylic acids is 1. The molecule has 27 heavy (non-hydrogen) atoms. The normalized spacial score (nSPS) is 16.3. The van der Waals surface area contributed by atoms with Crippen LogP contribution in [0.5, 0.6) is 0 Å². The number of piperidine rings is 1. The molecule has 0 radical (unpaired) electrons. The lowest BCUT2D eigenvalue weighted by Crippen LogP contribution is -2.41. The first-order valence-electron chi connectivity index (χ1n) is 8.29. The third-order valence-electron chi connectivity index (χ3n) is 4.47. The molecule has 0 spiro atoms. The van der Waals surface area contributed by atoms with E-state index < -0.39 is 15.8 Å². The first-order chi connectivity index (χ1) is 12.8. The highest BCUT2D eigenvalue weighted by Crippen LogP contribution is 2.26. The van der Waals surface area contributed by atoms with Crippen LogP contribution in [0.2, 0.25) is 0 Å². The van der Waals surface area contributed by atoms with Crippen LogP contribution in [-0.4, -0.2) is 31.7 Å². The standard InChI is InChI=1S/C18H17Br2FN2O3S/c19-13-1-4-15(5-2-13)27(25,26)23-9-7-12(8-10-23)18(24)22-17-6-3-14(20)11-16(17)21/h1-6,11-12H,7-10H2,(H,22,24). The molecule has 0 atom stereocenters. The molecule has 1 amide bonds. The second kappa shape index (κ2) is 8.38. The first-order valence-corrected chi connectivity index (χ1v) is 11.3. The van der Waals surface area contributed by atoms with Gasteiger partial charge in [-0.2, -0.15) is 4.31 Å². The van der Waals surface area contributed by atoms with Gasteiger partial charge in [-0.05, 0) is 55.3 Å². The predicted octanol–water partition coefficient (Wildman–Crippen LogP) is 4.39. The molecule has 1 aliphatic rings. The maximum atomic E-state index is 13.9. The van der Waals surface area contributed by atoms with Crippen molar-refractivity contribution in [1.29, 1.82) is 0 Å². The smallest absolute Gasteiger partial charge is 0.243 e. The van der Waals surface area contributed by atoms with Gasteiger partial charge in [0.15, 0.2) is 0 Å². The van der Waals surface area contributed by atoms with Gasteiger partial charge in [-0.1, -0.05) is 31.9 Å². The lowest BCUT2D eigenvalue weighted by atomic mass is 9.97. The molecule has 0 bridgehead atoms. The number of nitrogens with one attached hydrogen (secondary N) is 1. The maximum absolute atomic E-state index is 13.9. The van der Waals surface area contributed by atoms with E-state index in [1.807, 2.05) is 0 Å². The summed E-state index contributed by atoms with van der Waals surface area (Å²) in [4.78, 5) is 12.6. The largest absolute Gasteiger partial charge is 0.323 e. The van der Waals surface area contributed by atoms with Crippen molar-refractivity contribution in [1.82, 2.24) is 4.31 Å². The number of amides is 1. The van der Waals surface area contributed by atoms with Gasteiger partial charge in [0.2, 0.25) is 15.9 Å². The summed E-state index contributed by atoms with van der Waals surface area (Å²) in [6.45, 7) is 0.499. The minimum Gasteiger partial charge on any atom is -0.323 e. The lowest BCUT2D eigenvalue weighted by molar-refractivity contribution is -0.120. The fraction of sp³-hybridized carbons (Fsp3) is 0.278. The highest BCUT2D eigenvalue weighted by atomic mass is 79.9. The summed E-state index contributed by atoms with van der Waals surface area (Å²) in [5, 5.41) is 2.59. The lowest BCUT2D eigenvalue weighted by Gasteiger charge is -2.30. The van der Waals surface area contributed by atoms with Crippen molar-refractivity contribution in [3.05, 3.63) is 57.2 Å². The van der Waals surface area contributed by atoms with Gasteiger partial charge in [-0.3, -0.25) is 4.79 Å². The molecule has 2 aromatic rings. The van der Waals surface area contributed by atoms with Crippen molar-refractivity contribution in [2.75, 3.05) is 18.4 Å². The molecule has 1 N–H and O–H groups in total. The van der Waals surface area contributed by atoms with Crippen LogP contribution < -0.4 is 5.32 Å². The van der Waals surface area contributed by atoms with Gasteiger partial charge in [0.25, 0.3) is 0 Å². The van der Waals surface area contributed by atoms with Crippen molar-refractivity contribution in [2.45, 2.75) is 17.7 Å². The summed E-state index contributed by atoms with van der Waals surface area (Å²) in [7, 11) is -3.58. The van der Waals surface area contributed by atoms with E-state index in [2.05, 4.69) is 37.2 Å². The summed E-state index contributed by atoms with van der Waals surface area (Å²) in [6, 6.07) is 10.9. The number of halogens is 3. The Morgan fingerprint density at radius 1 is 1.04 bits per heavy atom. The Balaban J connectivity index is 1.62. The summed E-state index contributed by atoms with van der Waals surface area (Å²) >= 11 is 6.46. The Labute approximate surface area is 174 Å². The van der Waals surface area contributed by atoms with Crippen LogP contribution in [0, 0.1) is 11.7 Å². The van der Waals surface area contributed by atoms with Gasteiger partial charge in [-0.15, -0.1) is 0 Å². The molecule has 5 nitrogen and oxygen atoms in total. The van der Waals surface area contributed by atoms with Crippen LogP contribution in [0.4, 0.5) is 10.1 Å². The number of anilines is 1. The second-order valence-electron chi connectivity index (χ2n) is 6.25. The molecule has 0 aliphatic carbocycles. The van der Waals surface area contributed by atoms with E-state index in [-0.39, 0.29) is 35.5 Å². The minimum atomic E-state index is -3.58. The molecule has 0 aromatic heterocycles. The molecule has 144 valence electrons. The van der Waals surface area contributed by atoms with E-state index in [9.17, 15) is 17.6 Å². The average Bonchev–Trinajstić information content (AvgIpc) is 2.64. The van der Waals surface area contributed by atoms with Gasteiger partial charge < -0.3 is 5.32 Å². The Hall–Kier alpha value is -1.29. The van der Waals surface area contributed by atoms with Gasteiger partial charge >= 0.3 is 0 Å². The summed E-state index contributed by atoms with van der Waals surface area (Å²) in [5.74, 6) is -1.17. The van der Waals surface area contributed by atoms with E-state index in [1.165, 1.54) is 16.4 Å². The minimum absolute atomic E-state index is 0.119. The molecule has 1 saturated heterocycles. The molecule has 1 fully saturated rings. The molecule has 3 rings (SSSR count). The van der Waals surface area contributed by atoms with Crippen LogP contribution in [0.3, 0.4) is 0 Å². The van der Waals surface area contributed by atoms with Crippen molar-refractivity contribution in [3.8, 4) is 0 Å². The number of sulfonamides is 1. The topological polar surface area (TPSA) is 66.5 Å². The van der Waals surface area contributed by atoms with Crippen LogP contribution in [0.1, 0.15) is 12.8 Å². The van der Waals surface area contributed by atoms with E-state index in [0.29, 0.717) is 17.3 Å². The van der Waals surface area contributed by atoms with Crippen molar-refractivity contribution >= 4 is 53.5 Å². The number of hydrogen-bond donors (Lipinski definition) is 1. The molecular weight excluding hydrogens is 503 g/mol. The number of carbonyl (C=O) groups is 1. The summed E-state index contributed by atoms with van der Waals surface area (Å²) < 4.78 is 42.1. The van der Waals surface area contributed by atoms with Crippen LogP contribution >= 0.6 is 31.9 Å². The third-order valence-corrected chi connectivity index (χ3v) is 7.40. The van der Waals surface area contributed by atoms with Crippen molar-refractivity contribution in [3.63, 3.8) is 0 Å². The highest BCUT2D eigenvalue weighted by molar-refractivity contribution is 9.10. The van der Waals surface area contributed by atoms with E-state index in [0.717, 1.165) is 4.47 Å². The van der Waals surface area contributed by atoms with E-state index >= 15 is 0 Å². The fourth-order valence-corrected chi connectivity index (χ4v) is 5.01. The molecule has 2 aromatic carbocycles. The monoisotopic (exact) mass is 518 g/mol. The van der Waals surface area contributed by atoms with E-state index in [1.54, 1.807) is 30.3 Å². The van der Waals surface area contributed by atoms with Crippen LogP contribution in [0.15, 0.2) is 56.3 Å². The fourth-order valence-electron chi connectivity index (χ4n) is 2.94. The predicted molar refractivity (Wildman–Crippen MR) is 108 cm³/mol. The Morgan fingerprint density at radius 3 is 2.22 bits per heavy atom. The maximum Gasteiger partial charge on any atom is 0.243 e. The number of rotatable bonds is 4. The molecular formula is C18H17Br2FN2O3S. The molecule has 9 heteroatoms. The Bertz CT molecular complexity index is 944. The first kappa shape index (κ1) is 20.4. The molecule has 1 aliphatic heterocycles. The SMILES string of the molecule is O=C(Nc1ccc(Br)cc1F)C1CCN(S(=O)(=O)c2ccc(Br)cc2)CC1. The zero-order valence-electron chi connectivity index (χ0n) is 14.2. The molecule has 0 unspecified atom stereocenters. The zero-order valence-corrected chi connectivity index (χ0v) is 18.1. The molecule has 1 heterocycles. The quantitative estimate of drug-likeness (QED) is 0.651. The van der Waals surface area contributed by atoms with Crippen LogP contribution in [-0.2, 0) is 14.8 Å². The van der Waals surface area contributed by atoms with Gasteiger partial charge in [-0.25, -0.2) is 12.8 Å². The van der Waals surface area contributed by atoms with E-state index in [4.69, 9.17) is 0 Å². The number of nitrogens with zero attached hydrogens (tertiary/aromatic N) is 1. The number of hydrogen-bond acceptors (Lipinski definition) is 3. The second-order valence-corrected chi connectivity index (χ2v) is 10.0. The Kier molecular flexibility index (Phi) is 6.35. The van der Waals surface area contributed by atoms with Crippen LogP contribution in [0.25, 0.3) is 0 Å².